The van der Waals surface area contributed by atoms with Crippen molar-refractivity contribution in [2.75, 3.05) is 22.9 Å². The lowest BCUT2D eigenvalue weighted by Gasteiger charge is -2.27. The summed E-state index contributed by atoms with van der Waals surface area (Å²) in [6.45, 7) is 10.7. The number of unbranched alkanes of at least 4 members (excludes halogenated alkanes) is 32. The molecule has 2 aliphatic rings. The minimum atomic E-state index is 0.163. The number of amides is 2. The normalized spacial score (nSPS) is 14.4. The van der Waals surface area contributed by atoms with E-state index in [0.717, 1.165) is 55.8 Å². The smallest absolute Gasteiger partial charge is 0.260 e. The lowest BCUT2D eigenvalue weighted by Crippen LogP contribution is -2.35. The molecule has 432 valence electrons. The molecule has 1 aromatic carbocycles. The number of carbonyl (C=O) groups excluding carboxylic acids is 2. The summed E-state index contributed by atoms with van der Waals surface area (Å²) in [6.07, 6.45) is 52.7. The fourth-order valence-corrected chi connectivity index (χ4v) is 17.2. The van der Waals surface area contributed by atoms with Crippen LogP contribution in [0.2, 0.25) is 0 Å². The van der Waals surface area contributed by atoms with Crippen LogP contribution in [0.4, 0.5) is 11.4 Å². The van der Waals surface area contributed by atoms with Crippen molar-refractivity contribution in [1.29, 1.82) is 0 Å². The highest BCUT2D eigenvalue weighted by Crippen LogP contribution is 2.40. The van der Waals surface area contributed by atoms with Crippen LogP contribution in [0.25, 0.3) is 29.9 Å². The second-order valence-electron chi connectivity index (χ2n) is 24.2. The van der Waals surface area contributed by atoms with Crippen LogP contribution in [0.15, 0.2) is 47.2 Å². The molecule has 7 rings (SSSR count). The van der Waals surface area contributed by atoms with Gasteiger partial charge in [0.1, 0.15) is 0 Å². The maximum atomic E-state index is 15.6. The third kappa shape index (κ3) is 19.1. The van der Waals surface area contributed by atoms with Crippen LogP contribution in [0, 0.1) is 11.8 Å². The summed E-state index contributed by atoms with van der Waals surface area (Å²) >= 11 is 7.09. The van der Waals surface area contributed by atoms with Crippen molar-refractivity contribution in [3.8, 4) is 0 Å². The number of fused-ring (bicyclic) bond motifs is 4. The SMILES string of the molecule is CCCCCCCCCCCCC(CCCCCCCCCC)CN1C(=O)C(c2cc3sccc3s2)=c2cc3c(cc21)=C(c1cc2sccc2s1)C(=O)N3CC(CCCCCCCCCC)CCCCCCCCCCCC. The molecule has 2 unspecified atom stereocenters. The molecule has 0 saturated carbocycles. The lowest BCUT2D eigenvalue weighted by atomic mass is 9.93. The Bertz CT molecular complexity index is 2380. The van der Waals surface area contributed by atoms with Crippen molar-refractivity contribution in [3.63, 3.8) is 0 Å². The first kappa shape index (κ1) is 62.8. The molecule has 0 radical (unpaired) electrons. The van der Waals surface area contributed by atoms with E-state index in [4.69, 9.17) is 0 Å². The van der Waals surface area contributed by atoms with Crippen molar-refractivity contribution < 1.29 is 9.59 Å². The second kappa shape index (κ2) is 35.9. The molecule has 2 aliphatic heterocycles. The van der Waals surface area contributed by atoms with Crippen LogP contribution in [-0.4, -0.2) is 24.9 Å². The summed E-state index contributed by atoms with van der Waals surface area (Å²) in [5.74, 6) is 1.22. The molecule has 78 heavy (non-hydrogen) atoms. The highest BCUT2D eigenvalue weighted by atomic mass is 32.1. The van der Waals surface area contributed by atoms with Crippen molar-refractivity contribution in [2.45, 2.75) is 285 Å². The van der Waals surface area contributed by atoms with E-state index in [-0.39, 0.29) is 11.8 Å². The minimum absolute atomic E-state index is 0.163. The van der Waals surface area contributed by atoms with Gasteiger partial charge < -0.3 is 9.80 Å². The molecule has 0 bridgehead atoms. The minimum Gasteiger partial charge on any atom is -0.307 e. The van der Waals surface area contributed by atoms with Crippen molar-refractivity contribution >= 4 is 98.5 Å². The molecule has 0 N–H and O–H groups in total. The highest BCUT2D eigenvalue weighted by molar-refractivity contribution is 7.28. The predicted molar refractivity (Wildman–Crippen MR) is 349 cm³/mol. The number of rotatable bonds is 46. The summed E-state index contributed by atoms with van der Waals surface area (Å²) in [5, 5.41) is 6.44. The zero-order chi connectivity index (χ0) is 54.6. The molecule has 0 aliphatic carbocycles. The van der Waals surface area contributed by atoms with E-state index < -0.39 is 0 Å². The topological polar surface area (TPSA) is 40.6 Å². The standard InChI is InChI=1S/C70H106N2O2S4/c1-5-9-13-17-21-25-27-31-35-39-43-55(41-37-33-29-23-19-15-11-7-3)53-71-59-49-58-60(50-57(59)67(69(71)73)65-51-63-61(77-65)45-47-75-63)72(70(74)68(58)66-52-64-62(78-66)46-48-76-64)54-56(42-38-34-30-24-20-16-12-8-4)44-40-36-32-28-26-22-18-14-10-6-2/h45-52,55-56H,5-44,53-54H2,1-4H3. The number of nitrogens with zero attached hydrogens (tertiary/aromatic N) is 2. The Hall–Kier alpha value is -2.78. The van der Waals surface area contributed by atoms with E-state index in [9.17, 15) is 0 Å². The number of hydrogen-bond acceptors (Lipinski definition) is 6. The number of hydrogen-bond donors (Lipinski definition) is 0. The summed E-state index contributed by atoms with van der Waals surface area (Å²) in [4.78, 5) is 37.7. The Balaban J connectivity index is 1.17. The number of thiophene rings is 4. The van der Waals surface area contributed by atoms with E-state index in [1.807, 2.05) is 0 Å². The van der Waals surface area contributed by atoms with Crippen molar-refractivity contribution in [2.24, 2.45) is 11.8 Å². The zero-order valence-corrected chi connectivity index (χ0v) is 53.1. The molecule has 4 nitrogen and oxygen atoms in total. The van der Waals surface area contributed by atoms with Crippen LogP contribution in [-0.2, 0) is 9.59 Å². The van der Waals surface area contributed by atoms with Gasteiger partial charge in [0.05, 0.1) is 22.5 Å². The fourth-order valence-electron chi connectivity index (χ4n) is 12.9. The monoisotopic (exact) mass is 1130 g/mol. The van der Waals surface area contributed by atoms with E-state index in [1.165, 1.54) is 276 Å². The first-order valence-electron chi connectivity index (χ1n) is 33.0. The molecular formula is C70H106N2O2S4. The van der Waals surface area contributed by atoms with Crippen LogP contribution >= 0.6 is 45.3 Å². The average molecular weight is 1140 g/mol. The van der Waals surface area contributed by atoms with Gasteiger partial charge in [0, 0.05) is 52.1 Å². The molecule has 0 saturated heterocycles. The van der Waals surface area contributed by atoms with Crippen LogP contribution < -0.4 is 20.2 Å². The summed E-state index contributed by atoms with van der Waals surface area (Å²) in [5.41, 5.74) is 3.76. The van der Waals surface area contributed by atoms with Gasteiger partial charge >= 0.3 is 0 Å². The van der Waals surface area contributed by atoms with E-state index in [1.54, 1.807) is 45.3 Å². The first-order valence-corrected chi connectivity index (χ1v) is 36.4. The van der Waals surface area contributed by atoms with E-state index in [0.29, 0.717) is 11.8 Å². The Morgan fingerprint density at radius 2 is 0.615 bits per heavy atom. The number of anilines is 2. The predicted octanol–water partition coefficient (Wildman–Crippen LogP) is 22.2. The maximum Gasteiger partial charge on any atom is 0.260 e. The third-order valence-corrected chi connectivity index (χ3v) is 21.9. The van der Waals surface area contributed by atoms with Gasteiger partial charge in [-0.1, -0.05) is 259 Å². The molecule has 2 atom stereocenters. The molecule has 5 aromatic rings. The molecule has 0 spiro atoms. The van der Waals surface area contributed by atoms with Crippen LogP contribution in [0.3, 0.4) is 0 Å². The van der Waals surface area contributed by atoms with Gasteiger partial charge in [0.25, 0.3) is 11.8 Å². The Labute approximate surface area is 491 Å². The zero-order valence-electron chi connectivity index (χ0n) is 49.8. The molecule has 0 fully saturated rings. The second-order valence-corrected chi connectivity index (χ2v) is 28.3. The van der Waals surface area contributed by atoms with Crippen LogP contribution in [0.1, 0.15) is 294 Å². The van der Waals surface area contributed by atoms with Crippen molar-refractivity contribution in [3.05, 3.63) is 67.3 Å². The maximum absolute atomic E-state index is 15.6. The molecular weight excluding hydrogens is 1030 g/mol. The summed E-state index contributed by atoms with van der Waals surface area (Å²) in [6, 6.07) is 13.7. The molecule has 2 amide bonds. The first-order chi connectivity index (χ1) is 38.4. The number of benzene rings is 1. The van der Waals surface area contributed by atoms with Gasteiger partial charge in [-0.2, -0.15) is 0 Å². The number of carbonyl (C=O) groups is 2. The Morgan fingerprint density at radius 1 is 0.346 bits per heavy atom. The lowest BCUT2D eigenvalue weighted by molar-refractivity contribution is -0.114. The largest absolute Gasteiger partial charge is 0.307 e. The fraction of sp³-hybridized carbons (Fsp3) is 0.686. The van der Waals surface area contributed by atoms with Gasteiger partial charge in [-0.25, -0.2) is 0 Å². The van der Waals surface area contributed by atoms with Crippen LogP contribution in [0.5, 0.6) is 0 Å². The van der Waals surface area contributed by atoms with E-state index in [2.05, 4.69) is 84.7 Å². The Morgan fingerprint density at radius 3 is 0.885 bits per heavy atom. The highest BCUT2D eigenvalue weighted by Gasteiger charge is 2.38. The van der Waals surface area contributed by atoms with Crippen molar-refractivity contribution in [1.82, 2.24) is 0 Å². The van der Waals surface area contributed by atoms with E-state index >= 15 is 9.59 Å². The summed E-state index contributed by atoms with van der Waals surface area (Å²) in [7, 11) is 0. The third-order valence-electron chi connectivity index (χ3n) is 17.7. The van der Waals surface area contributed by atoms with Gasteiger partial charge in [0.2, 0.25) is 0 Å². The quantitative estimate of drug-likeness (QED) is 0.0364. The average Bonchev–Trinajstić information content (AvgIpc) is 4.45. The van der Waals surface area contributed by atoms with Gasteiger partial charge in [-0.05, 0) is 84.7 Å². The van der Waals surface area contributed by atoms with Gasteiger partial charge in [-0.15, -0.1) is 45.3 Å². The Kier molecular flexibility index (Phi) is 28.9. The summed E-state index contributed by atoms with van der Waals surface area (Å²) < 4.78 is 5.02. The van der Waals surface area contributed by atoms with Gasteiger partial charge in [-0.3, -0.25) is 9.59 Å². The molecule has 8 heteroatoms. The molecule has 4 aromatic heterocycles. The molecule has 6 heterocycles. The van der Waals surface area contributed by atoms with Gasteiger partial charge in [0.15, 0.2) is 0 Å².